The Hall–Kier alpha value is -0.300. The zero-order valence-corrected chi connectivity index (χ0v) is 8.35. The number of aliphatic hydroxyl groups is 2. The lowest BCUT2D eigenvalue weighted by Crippen LogP contribution is -2.36. The van der Waals surface area contributed by atoms with E-state index < -0.39 is 32.4 Å². The molecule has 0 saturated carbocycles. The zero-order valence-electron chi connectivity index (χ0n) is 7.45. The molecule has 7 nitrogen and oxygen atoms in total. The molecular weight excluding hydrogens is 215 g/mol. The SMILES string of the molecule is CCC(O)C(O)C(=O)COP(=O)([O-])[O-]. The van der Waals surface area contributed by atoms with Crippen LogP contribution in [-0.4, -0.2) is 34.8 Å². The van der Waals surface area contributed by atoms with Crippen LogP contribution in [-0.2, 0) is 13.9 Å². The van der Waals surface area contributed by atoms with Gasteiger partial charge in [0.1, 0.15) is 12.7 Å². The van der Waals surface area contributed by atoms with Gasteiger partial charge in [0.25, 0.3) is 0 Å². The molecule has 0 amide bonds. The second-order valence-electron chi connectivity index (χ2n) is 2.61. The minimum Gasteiger partial charge on any atom is -0.790 e. The normalized spacial score (nSPS) is 16.4. The number of Topliss-reactive ketones (excluding diaryl/α,β-unsaturated/α-hetero) is 1. The van der Waals surface area contributed by atoms with Gasteiger partial charge in [-0.1, -0.05) is 6.92 Å². The molecule has 2 atom stereocenters. The van der Waals surface area contributed by atoms with Crippen molar-refractivity contribution in [3.63, 3.8) is 0 Å². The van der Waals surface area contributed by atoms with Crippen molar-refractivity contribution < 1.29 is 33.9 Å². The van der Waals surface area contributed by atoms with Gasteiger partial charge in [-0.25, -0.2) is 0 Å². The first-order chi connectivity index (χ1) is 6.28. The molecule has 0 aliphatic heterocycles. The molecule has 2 N–H and O–H groups in total. The molecule has 0 radical (unpaired) electrons. The highest BCUT2D eigenvalue weighted by atomic mass is 31.2. The number of phosphoric ester groups is 1. The minimum atomic E-state index is -5.21. The van der Waals surface area contributed by atoms with Gasteiger partial charge in [-0.05, 0) is 6.42 Å². The van der Waals surface area contributed by atoms with Crippen molar-refractivity contribution in [2.75, 3.05) is 6.61 Å². The van der Waals surface area contributed by atoms with Crippen molar-refractivity contribution in [2.45, 2.75) is 25.6 Å². The zero-order chi connectivity index (χ0) is 11.4. The molecular formula is C6H11O7P-2. The lowest BCUT2D eigenvalue weighted by atomic mass is 10.1. The maximum atomic E-state index is 10.9. The van der Waals surface area contributed by atoms with E-state index in [1.807, 2.05) is 0 Å². The third kappa shape index (κ3) is 5.43. The Morgan fingerprint density at radius 3 is 2.36 bits per heavy atom. The van der Waals surface area contributed by atoms with Crippen molar-refractivity contribution in [3.8, 4) is 0 Å². The molecule has 2 unspecified atom stereocenters. The fourth-order valence-corrected chi connectivity index (χ4v) is 0.951. The van der Waals surface area contributed by atoms with Gasteiger partial charge in [0, 0.05) is 0 Å². The highest BCUT2D eigenvalue weighted by molar-refractivity contribution is 7.43. The molecule has 0 fully saturated rings. The highest BCUT2D eigenvalue weighted by Crippen LogP contribution is 2.24. The summed E-state index contributed by atoms with van der Waals surface area (Å²) in [7, 11) is -5.21. The Labute approximate surface area is 80.6 Å². The Morgan fingerprint density at radius 1 is 1.50 bits per heavy atom. The summed E-state index contributed by atoms with van der Waals surface area (Å²) in [4.78, 5) is 30.8. The monoisotopic (exact) mass is 226 g/mol. The molecule has 8 heteroatoms. The standard InChI is InChI=1S/C6H13O7P/c1-2-4(7)6(9)5(8)3-13-14(10,11)12/h4,6-7,9H,2-3H2,1H3,(H2,10,11,12)/p-2. The number of ketones is 1. The molecule has 0 spiro atoms. The van der Waals surface area contributed by atoms with Crippen molar-refractivity contribution >= 4 is 13.6 Å². The average Bonchev–Trinajstić information content (AvgIpc) is 2.10. The number of carbonyl (C=O) groups excluding carboxylic acids is 1. The minimum absolute atomic E-state index is 0.124. The van der Waals surface area contributed by atoms with E-state index in [9.17, 15) is 19.1 Å². The van der Waals surface area contributed by atoms with Crippen molar-refractivity contribution in [1.82, 2.24) is 0 Å². The molecule has 84 valence electrons. The molecule has 0 aromatic heterocycles. The number of phosphoric acid groups is 1. The molecule has 0 heterocycles. The summed E-state index contributed by atoms with van der Waals surface area (Å²) in [6.45, 7) is 0.469. The van der Waals surface area contributed by atoms with Crippen LogP contribution >= 0.6 is 7.82 Å². The van der Waals surface area contributed by atoms with Crippen LogP contribution < -0.4 is 9.79 Å². The van der Waals surface area contributed by atoms with Crippen LogP contribution in [0.4, 0.5) is 0 Å². The number of hydrogen-bond donors (Lipinski definition) is 2. The Kier molecular flexibility index (Phi) is 5.43. The summed E-state index contributed by atoms with van der Waals surface area (Å²) < 4.78 is 13.6. The molecule has 0 bridgehead atoms. The topological polar surface area (TPSA) is 130 Å². The van der Waals surface area contributed by atoms with Gasteiger partial charge in [0.05, 0.1) is 13.9 Å². The van der Waals surface area contributed by atoms with Crippen LogP contribution in [0.15, 0.2) is 0 Å². The second-order valence-corrected chi connectivity index (χ2v) is 3.76. The lowest BCUT2D eigenvalue weighted by Gasteiger charge is -2.28. The summed E-state index contributed by atoms with van der Waals surface area (Å²) in [5, 5.41) is 18.0. The number of carbonyl (C=O) groups is 1. The largest absolute Gasteiger partial charge is 0.790 e. The van der Waals surface area contributed by atoms with Crippen molar-refractivity contribution in [1.29, 1.82) is 0 Å². The summed E-state index contributed by atoms with van der Waals surface area (Å²) >= 11 is 0. The van der Waals surface area contributed by atoms with E-state index in [2.05, 4.69) is 4.52 Å². The first-order valence-corrected chi connectivity index (χ1v) is 5.29. The van der Waals surface area contributed by atoms with Gasteiger partial charge < -0.3 is 29.1 Å². The smallest absolute Gasteiger partial charge is 0.189 e. The molecule has 0 aromatic carbocycles. The van der Waals surface area contributed by atoms with E-state index in [0.717, 1.165) is 0 Å². The van der Waals surface area contributed by atoms with Crippen molar-refractivity contribution in [2.24, 2.45) is 0 Å². The first-order valence-electron chi connectivity index (χ1n) is 3.83. The first kappa shape index (κ1) is 13.7. The predicted molar refractivity (Wildman–Crippen MR) is 40.9 cm³/mol. The second kappa shape index (κ2) is 5.55. The molecule has 0 aromatic rings. The van der Waals surface area contributed by atoms with Gasteiger partial charge >= 0.3 is 0 Å². The molecule has 0 aliphatic rings. The maximum Gasteiger partial charge on any atom is 0.189 e. The van der Waals surface area contributed by atoms with E-state index in [4.69, 9.17) is 10.2 Å². The van der Waals surface area contributed by atoms with Crippen LogP contribution in [0.1, 0.15) is 13.3 Å². The summed E-state index contributed by atoms with van der Waals surface area (Å²) in [6, 6.07) is 0. The molecule has 0 rings (SSSR count). The third-order valence-corrected chi connectivity index (χ3v) is 1.92. The Morgan fingerprint density at radius 2 is 2.00 bits per heavy atom. The van der Waals surface area contributed by atoms with Gasteiger partial charge in [0.2, 0.25) is 0 Å². The maximum absolute atomic E-state index is 10.9. The fourth-order valence-electron chi connectivity index (χ4n) is 0.666. The van der Waals surface area contributed by atoms with Gasteiger partial charge in [-0.15, -0.1) is 0 Å². The number of aliphatic hydroxyl groups excluding tert-OH is 2. The highest BCUT2D eigenvalue weighted by Gasteiger charge is 2.22. The lowest BCUT2D eigenvalue weighted by molar-refractivity contribution is -0.341. The summed E-state index contributed by atoms with van der Waals surface area (Å²) in [5.74, 6) is -1.05. The van der Waals surface area contributed by atoms with Crippen LogP contribution in [0.5, 0.6) is 0 Å². The van der Waals surface area contributed by atoms with E-state index in [-0.39, 0.29) is 6.42 Å². The van der Waals surface area contributed by atoms with Crippen LogP contribution in [0, 0.1) is 0 Å². The summed E-state index contributed by atoms with van der Waals surface area (Å²) in [6.07, 6.45) is -2.89. The number of hydrogen-bond acceptors (Lipinski definition) is 7. The van der Waals surface area contributed by atoms with Crippen molar-refractivity contribution in [3.05, 3.63) is 0 Å². The molecule has 0 saturated heterocycles. The van der Waals surface area contributed by atoms with Gasteiger partial charge in [0.15, 0.2) is 5.78 Å². The van der Waals surface area contributed by atoms with Crippen LogP contribution in [0.3, 0.4) is 0 Å². The predicted octanol–water partition coefficient (Wildman–Crippen LogP) is -2.47. The molecule has 14 heavy (non-hydrogen) atoms. The number of rotatable bonds is 6. The van der Waals surface area contributed by atoms with Gasteiger partial charge in [-0.2, -0.15) is 0 Å². The quantitative estimate of drug-likeness (QED) is 0.480. The van der Waals surface area contributed by atoms with E-state index in [1.54, 1.807) is 0 Å². The third-order valence-electron chi connectivity index (χ3n) is 1.48. The van der Waals surface area contributed by atoms with Crippen LogP contribution in [0.25, 0.3) is 0 Å². The van der Waals surface area contributed by atoms with E-state index >= 15 is 0 Å². The van der Waals surface area contributed by atoms with Gasteiger partial charge in [-0.3, -0.25) is 4.79 Å². The Bertz CT molecular complexity index is 234. The van der Waals surface area contributed by atoms with E-state index in [0.29, 0.717) is 0 Å². The van der Waals surface area contributed by atoms with E-state index in [1.165, 1.54) is 6.92 Å². The van der Waals surface area contributed by atoms with Crippen LogP contribution in [0.2, 0.25) is 0 Å². The fraction of sp³-hybridized carbons (Fsp3) is 0.833. The summed E-state index contributed by atoms with van der Waals surface area (Å²) in [5.41, 5.74) is 0. The Balaban J connectivity index is 4.03. The average molecular weight is 226 g/mol. The molecule has 0 aliphatic carbocycles.